The number of esters is 1. The Hall–Kier alpha value is -0.780. The molecule has 0 fully saturated rings. The first-order chi connectivity index (χ1) is 7.49. The molecule has 2 N–H and O–H groups in total. The summed E-state index contributed by atoms with van der Waals surface area (Å²) in [5, 5.41) is 0. The van der Waals surface area contributed by atoms with Crippen LogP contribution in [0.3, 0.4) is 0 Å². The van der Waals surface area contributed by atoms with E-state index in [1.165, 1.54) is 0 Å². The van der Waals surface area contributed by atoms with Gasteiger partial charge in [-0.15, -0.1) is 0 Å². The van der Waals surface area contributed by atoms with Gasteiger partial charge in [-0.3, -0.25) is 4.79 Å². The van der Waals surface area contributed by atoms with Gasteiger partial charge in [0.15, 0.2) is 0 Å². The van der Waals surface area contributed by atoms with E-state index in [9.17, 15) is 18.0 Å². The Morgan fingerprint density at radius 3 is 2.06 bits per heavy atom. The summed E-state index contributed by atoms with van der Waals surface area (Å²) in [6.45, 7) is 6.51. The third-order valence-electron chi connectivity index (χ3n) is 2.12. The second kappa shape index (κ2) is 5.71. The van der Waals surface area contributed by atoms with Crippen LogP contribution >= 0.6 is 0 Å². The SMILES string of the molecule is CCC[C@@H](C(=O)OC(C)(C)C)[C@@H](N)C(F)(F)F. The zero-order chi connectivity index (χ0) is 13.9. The monoisotopic (exact) mass is 255 g/mol. The topological polar surface area (TPSA) is 52.3 Å². The average Bonchev–Trinajstić information content (AvgIpc) is 2.08. The summed E-state index contributed by atoms with van der Waals surface area (Å²) < 4.78 is 42.4. The summed E-state index contributed by atoms with van der Waals surface area (Å²) in [5.41, 5.74) is 4.26. The lowest BCUT2D eigenvalue weighted by molar-refractivity contribution is -0.183. The minimum absolute atomic E-state index is 0.0651. The van der Waals surface area contributed by atoms with Crippen molar-refractivity contribution in [3.05, 3.63) is 0 Å². The first kappa shape index (κ1) is 16.2. The van der Waals surface area contributed by atoms with Crippen LogP contribution in [-0.2, 0) is 9.53 Å². The lowest BCUT2D eigenvalue weighted by atomic mass is 9.94. The zero-order valence-electron chi connectivity index (χ0n) is 10.6. The highest BCUT2D eigenvalue weighted by molar-refractivity contribution is 5.73. The highest BCUT2D eigenvalue weighted by Crippen LogP contribution is 2.28. The molecule has 2 atom stereocenters. The fourth-order valence-corrected chi connectivity index (χ4v) is 1.36. The molecule has 0 aliphatic heterocycles. The Balaban J connectivity index is 4.80. The Morgan fingerprint density at radius 2 is 1.76 bits per heavy atom. The van der Waals surface area contributed by atoms with Crippen molar-refractivity contribution in [1.29, 1.82) is 0 Å². The van der Waals surface area contributed by atoms with Crippen molar-refractivity contribution in [3.63, 3.8) is 0 Å². The standard InChI is InChI=1S/C11H20F3NO2/c1-5-6-7(8(15)11(12,13)14)9(16)17-10(2,3)4/h7-8H,5-6,15H2,1-4H3/t7-,8-/m1/s1. The van der Waals surface area contributed by atoms with E-state index in [0.29, 0.717) is 6.42 Å². The van der Waals surface area contributed by atoms with Gasteiger partial charge in [-0.25, -0.2) is 0 Å². The van der Waals surface area contributed by atoms with E-state index in [0.717, 1.165) is 0 Å². The van der Waals surface area contributed by atoms with E-state index in [4.69, 9.17) is 10.5 Å². The van der Waals surface area contributed by atoms with Gasteiger partial charge in [0.1, 0.15) is 11.6 Å². The van der Waals surface area contributed by atoms with Crippen molar-refractivity contribution >= 4 is 5.97 Å². The van der Waals surface area contributed by atoms with Crippen LogP contribution in [0, 0.1) is 5.92 Å². The predicted molar refractivity (Wildman–Crippen MR) is 58.3 cm³/mol. The van der Waals surface area contributed by atoms with Crippen LogP contribution in [0.25, 0.3) is 0 Å². The van der Waals surface area contributed by atoms with Crippen LogP contribution < -0.4 is 5.73 Å². The molecule has 0 saturated carbocycles. The zero-order valence-corrected chi connectivity index (χ0v) is 10.6. The highest BCUT2D eigenvalue weighted by atomic mass is 19.4. The number of halogens is 3. The van der Waals surface area contributed by atoms with Gasteiger partial charge in [0.05, 0.1) is 5.92 Å². The molecule has 0 radical (unpaired) electrons. The third-order valence-corrected chi connectivity index (χ3v) is 2.12. The van der Waals surface area contributed by atoms with E-state index < -0.39 is 29.7 Å². The minimum Gasteiger partial charge on any atom is -0.460 e. The molecule has 3 nitrogen and oxygen atoms in total. The Bertz CT molecular complexity index is 258. The fraction of sp³-hybridized carbons (Fsp3) is 0.909. The normalized spacial score (nSPS) is 16.5. The average molecular weight is 255 g/mol. The van der Waals surface area contributed by atoms with Gasteiger partial charge >= 0.3 is 12.1 Å². The maximum atomic E-state index is 12.5. The molecule has 0 aromatic carbocycles. The number of nitrogens with two attached hydrogens (primary N) is 1. The summed E-state index contributed by atoms with van der Waals surface area (Å²) in [5.74, 6) is -2.22. The van der Waals surface area contributed by atoms with Gasteiger partial charge < -0.3 is 10.5 Å². The number of alkyl halides is 3. The Kier molecular flexibility index (Phi) is 5.45. The van der Waals surface area contributed by atoms with Crippen LogP contribution in [0.15, 0.2) is 0 Å². The summed E-state index contributed by atoms with van der Waals surface area (Å²) in [6, 6.07) is -2.17. The molecule has 102 valence electrons. The number of rotatable bonds is 4. The number of ether oxygens (including phenoxy) is 1. The van der Waals surface area contributed by atoms with Crippen molar-refractivity contribution in [2.24, 2.45) is 11.7 Å². The van der Waals surface area contributed by atoms with Crippen LogP contribution in [0.4, 0.5) is 13.2 Å². The maximum absolute atomic E-state index is 12.5. The second-order valence-electron chi connectivity index (χ2n) is 5.00. The maximum Gasteiger partial charge on any atom is 0.404 e. The van der Waals surface area contributed by atoms with E-state index >= 15 is 0 Å². The molecule has 0 saturated heterocycles. The van der Waals surface area contributed by atoms with Crippen molar-refractivity contribution in [2.75, 3.05) is 0 Å². The summed E-state index contributed by atoms with van der Waals surface area (Å²) >= 11 is 0. The van der Waals surface area contributed by atoms with Crippen LogP contribution in [0.2, 0.25) is 0 Å². The molecular formula is C11H20F3NO2. The molecule has 0 aliphatic carbocycles. The van der Waals surface area contributed by atoms with Crippen molar-refractivity contribution in [2.45, 2.75) is 58.4 Å². The minimum atomic E-state index is -4.59. The molecule has 0 aliphatic rings. The number of hydrogen-bond acceptors (Lipinski definition) is 3. The van der Waals surface area contributed by atoms with Crippen molar-refractivity contribution < 1.29 is 22.7 Å². The molecule has 0 rings (SSSR count). The number of carbonyl (C=O) groups is 1. The molecule has 0 bridgehead atoms. The summed E-state index contributed by atoms with van der Waals surface area (Å²) in [7, 11) is 0. The molecule has 0 heterocycles. The van der Waals surface area contributed by atoms with Crippen molar-refractivity contribution in [3.8, 4) is 0 Å². The van der Waals surface area contributed by atoms with Crippen molar-refractivity contribution in [1.82, 2.24) is 0 Å². The largest absolute Gasteiger partial charge is 0.460 e. The van der Waals surface area contributed by atoms with Gasteiger partial charge in [0.25, 0.3) is 0 Å². The highest BCUT2D eigenvalue weighted by Gasteiger charge is 2.45. The molecule has 0 spiro atoms. The predicted octanol–water partition coefficient (Wildman–Crippen LogP) is 2.63. The molecule has 6 heteroatoms. The van der Waals surface area contributed by atoms with E-state index in [2.05, 4.69) is 0 Å². The fourth-order valence-electron chi connectivity index (χ4n) is 1.36. The Morgan fingerprint density at radius 1 is 1.29 bits per heavy atom. The van der Waals surface area contributed by atoms with E-state index in [1.54, 1.807) is 27.7 Å². The van der Waals surface area contributed by atoms with Gasteiger partial charge in [0.2, 0.25) is 0 Å². The van der Waals surface area contributed by atoms with Gasteiger partial charge in [-0.2, -0.15) is 13.2 Å². The first-order valence-corrected chi connectivity index (χ1v) is 5.54. The second-order valence-corrected chi connectivity index (χ2v) is 5.00. The molecule has 0 unspecified atom stereocenters. The number of carbonyl (C=O) groups excluding carboxylic acids is 1. The third kappa shape index (κ3) is 5.91. The molecular weight excluding hydrogens is 235 g/mol. The molecule has 0 amide bonds. The molecule has 0 aromatic heterocycles. The van der Waals surface area contributed by atoms with Gasteiger partial charge in [-0.05, 0) is 27.2 Å². The van der Waals surface area contributed by atoms with Gasteiger partial charge in [0, 0.05) is 0 Å². The van der Waals surface area contributed by atoms with Gasteiger partial charge in [-0.1, -0.05) is 13.3 Å². The lowest BCUT2D eigenvalue weighted by Crippen LogP contribution is -2.48. The summed E-state index contributed by atoms with van der Waals surface area (Å²) in [6.07, 6.45) is -4.08. The van der Waals surface area contributed by atoms with E-state index in [1.807, 2.05) is 0 Å². The van der Waals surface area contributed by atoms with Crippen LogP contribution in [0.5, 0.6) is 0 Å². The summed E-state index contributed by atoms with van der Waals surface area (Å²) in [4.78, 5) is 11.6. The first-order valence-electron chi connectivity index (χ1n) is 5.54. The van der Waals surface area contributed by atoms with Crippen LogP contribution in [0.1, 0.15) is 40.5 Å². The molecule has 0 aromatic rings. The van der Waals surface area contributed by atoms with E-state index in [-0.39, 0.29) is 6.42 Å². The quantitative estimate of drug-likeness (QED) is 0.786. The lowest BCUT2D eigenvalue weighted by Gasteiger charge is -2.28. The molecule has 17 heavy (non-hydrogen) atoms. The Labute approximate surface area is 99.5 Å². The number of hydrogen-bond donors (Lipinski definition) is 1. The smallest absolute Gasteiger partial charge is 0.404 e. The van der Waals surface area contributed by atoms with Crippen LogP contribution in [-0.4, -0.2) is 23.8 Å².